The third-order valence-electron chi connectivity index (χ3n) is 3.97. The van der Waals surface area contributed by atoms with Gasteiger partial charge in [-0.25, -0.2) is 9.78 Å². The van der Waals surface area contributed by atoms with Crippen molar-refractivity contribution >= 4 is 23.7 Å². The second-order valence-corrected chi connectivity index (χ2v) is 6.98. The summed E-state index contributed by atoms with van der Waals surface area (Å²) in [6.45, 7) is 3.64. The number of carbonyl (C=O) groups is 4. The van der Waals surface area contributed by atoms with Crippen molar-refractivity contribution in [2.75, 3.05) is 0 Å². The quantitative estimate of drug-likeness (QED) is 0.251. The third-order valence-corrected chi connectivity index (χ3v) is 3.97. The van der Waals surface area contributed by atoms with Gasteiger partial charge >= 0.3 is 5.97 Å². The average Bonchev–Trinajstić information content (AvgIpc) is 3.09. The number of H-pyrrole nitrogens is 1. The summed E-state index contributed by atoms with van der Waals surface area (Å²) in [6, 6.07) is -3.21. The van der Waals surface area contributed by atoms with Crippen molar-refractivity contribution in [1.82, 2.24) is 20.6 Å². The number of carboxylic acids is 1. The number of amides is 3. The van der Waals surface area contributed by atoms with Crippen LogP contribution in [-0.4, -0.2) is 56.9 Å². The minimum Gasteiger partial charge on any atom is -0.480 e. The van der Waals surface area contributed by atoms with Crippen LogP contribution in [0.1, 0.15) is 38.8 Å². The number of carbonyl (C=O) groups excluding carboxylic acids is 3. The van der Waals surface area contributed by atoms with Gasteiger partial charge in [-0.1, -0.05) is 13.8 Å². The van der Waals surface area contributed by atoms with Crippen molar-refractivity contribution in [3.05, 3.63) is 18.2 Å². The summed E-state index contributed by atoms with van der Waals surface area (Å²) in [4.78, 5) is 54.0. The van der Waals surface area contributed by atoms with Crippen LogP contribution in [0.15, 0.2) is 12.5 Å². The molecule has 0 bridgehead atoms. The highest BCUT2D eigenvalue weighted by Gasteiger charge is 2.28. The van der Waals surface area contributed by atoms with Gasteiger partial charge < -0.3 is 32.2 Å². The standard InChI is InChI=1S/C17H28N6O5/c1-9(2)5-13(17(27)28)23-16(26)12(3-4-14(19)24)22-15(25)11(18)6-10-7-20-8-21-10/h7-9,11-13H,3-6,18H2,1-2H3,(H2,19,24)(H,20,21)(H,22,25)(H,23,26)(H,27,28). The number of aromatic nitrogens is 2. The minimum absolute atomic E-state index is 0.0305. The molecule has 0 spiro atoms. The lowest BCUT2D eigenvalue weighted by atomic mass is 10.0. The molecule has 0 aliphatic heterocycles. The van der Waals surface area contributed by atoms with Gasteiger partial charge in [0, 0.05) is 24.7 Å². The summed E-state index contributed by atoms with van der Waals surface area (Å²) in [6.07, 6.45) is 3.13. The maximum Gasteiger partial charge on any atom is 0.326 e. The fraction of sp³-hybridized carbons (Fsp3) is 0.588. The second-order valence-electron chi connectivity index (χ2n) is 6.98. The van der Waals surface area contributed by atoms with E-state index in [0.717, 1.165) is 0 Å². The lowest BCUT2D eigenvalue weighted by Crippen LogP contribution is -2.55. The highest BCUT2D eigenvalue weighted by atomic mass is 16.4. The fourth-order valence-electron chi connectivity index (χ4n) is 2.53. The van der Waals surface area contributed by atoms with Gasteiger partial charge in [-0.2, -0.15) is 0 Å². The van der Waals surface area contributed by atoms with E-state index in [-0.39, 0.29) is 31.6 Å². The zero-order valence-corrected chi connectivity index (χ0v) is 16.0. The SMILES string of the molecule is CC(C)CC(NC(=O)C(CCC(N)=O)NC(=O)C(N)Cc1cnc[nH]1)C(=O)O. The zero-order valence-electron chi connectivity index (χ0n) is 16.0. The van der Waals surface area contributed by atoms with Crippen LogP contribution in [0.2, 0.25) is 0 Å². The molecule has 1 aromatic rings. The first kappa shape index (κ1) is 23.1. The van der Waals surface area contributed by atoms with Crippen LogP contribution >= 0.6 is 0 Å². The molecule has 8 N–H and O–H groups in total. The van der Waals surface area contributed by atoms with Crippen LogP contribution in [0.5, 0.6) is 0 Å². The van der Waals surface area contributed by atoms with E-state index in [1.54, 1.807) is 0 Å². The highest BCUT2D eigenvalue weighted by Crippen LogP contribution is 2.07. The maximum atomic E-state index is 12.5. The number of rotatable bonds is 12. The van der Waals surface area contributed by atoms with Gasteiger partial charge in [-0.05, 0) is 18.8 Å². The molecule has 3 amide bonds. The van der Waals surface area contributed by atoms with E-state index >= 15 is 0 Å². The Bertz CT molecular complexity index is 676. The molecular weight excluding hydrogens is 368 g/mol. The number of imidazole rings is 1. The molecule has 0 saturated heterocycles. The predicted octanol–water partition coefficient (Wildman–Crippen LogP) is -1.35. The average molecular weight is 396 g/mol. The van der Waals surface area contributed by atoms with Crippen LogP contribution in [0.25, 0.3) is 0 Å². The Hall–Kier alpha value is -2.95. The van der Waals surface area contributed by atoms with E-state index in [9.17, 15) is 24.3 Å². The highest BCUT2D eigenvalue weighted by molar-refractivity contribution is 5.92. The molecule has 3 unspecified atom stereocenters. The van der Waals surface area contributed by atoms with E-state index in [0.29, 0.717) is 5.69 Å². The van der Waals surface area contributed by atoms with E-state index in [4.69, 9.17) is 11.5 Å². The maximum absolute atomic E-state index is 12.5. The molecule has 28 heavy (non-hydrogen) atoms. The van der Waals surface area contributed by atoms with E-state index in [2.05, 4.69) is 20.6 Å². The number of aromatic amines is 1. The Kier molecular flexibility index (Phi) is 9.09. The lowest BCUT2D eigenvalue weighted by Gasteiger charge is -2.23. The van der Waals surface area contributed by atoms with Crippen molar-refractivity contribution in [1.29, 1.82) is 0 Å². The Morgan fingerprint density at radius 1 is 1.18 bits per heavy atom. The number of primary amides is 1. The number of hydrogen-bond donors (Lipinski definition) is 6. The number of aliphatic carboxylic acids is 1. The predicted molar refractivity (Wildman–Crippen MR) is 99.6 cm³/mol. The summed E-state index contributed by atoms with van der Waals surface area (Å²) in [7, 11) is 0. The summed E-state index contributed by atoms with van der Waals surface area (Å²) in [5.41, 5.74) is 11.6. The summed E-state index contributed by atoms with van der Waals surface area (Å²) in [5, 5.41) is 14.1. The Morgan fingerprint density at radius 2 is 1.82 bits per heavy atom. The fourth-order valence-corrected chi connectivity index (χ4v) is 2.53. The largest absolute Gasteiger partial charge is 0.480 e. The summed E-state index contributed by atoms with van der Waals surface area (Å²) in [5.74, 6) is -3.13. The molecule has 1 aromatic heterocycles. The van der Waals surface area contributed by atoms with Crippen molar-refractivity contribution in [3.8, 4) is 0 Å². The molecule has 0 aliphatic carbocycles. The minimum atomic E-state index is -1.18. The number of nitrogens with two attached hydrogens (primary N) is 2. The molecule has 0 saturated carbocycles. The van der Waals surface area contributed by atoms with Gasteiger partial charge in [0.1, 0.15) is 12.1 Å². The van der Waals surface area contributed by atoms with Crippen molar-refractivity contribution in [2.24, 2.45) is 17.4 Å². The first-order valence-electron chi connectivity index (χ1n) is 8.94. The van der Waals surface area contributed by atoms with Gasteiger partial charge in [-0.15, -0.1) is 0 Å². The Morgan fingerprint density at radius 3 is 2.32 bits per heavy atom. The van der Waals surface area contributed by atoms with Crippen molar-refractivity contribution in [2.45, 2.75) is 57.7 Å². The molecule has 11 heteroatoms. The van der Waals surface area contributed by atoms with Gasteiger partial charge in [0.25, 0.3) is 0 Å². The van der Waals surface area contributed by atoms with E-state index in [1.807, 2.05) is 13.8 Å². The Labute approximate surface area is 162 Å². The second kappa shape index (κ2) is 11.0. The van der Waals surface area contributed by atoms with Gasteiger partial charge in [0.15, 0.2) is 0 Å². The summed E-state index contributed by atoms with van der Waals surface area (Å²) >= 11 is 0. The van der Waals surface area contributed by atoms with E-state index < -0.39 is 41.8 Å². The molecule has 0 fully saturated rings. The Balaban J connectivity index is 2.79. The van der Waals surface area contributed by atoms with Crippen molar-refractivity contribution < 1.29 is 24.3 Å². The number of nitrogens with zero attached hydrogens (tertiary/aromatic N) is 1. The number of nitrogens with one attached hydrogen (secondary N) is 3. The van der Waals surface area contributed by atoms with Gasteiger partial charge in [-0.3, -0.25) is 14.4 Å². The van der Waals surface area contributed by atoms with Crippen LogP contribution < -0.4 is 22.1 Å². The third kappa shape index (κ3) is 8.16. The molecule has 1 heterocycles. The number of carboxylic acid groups (broad SMARTS) is 1. The molecule has 11 nitrogen and oxygen atoms in total. The van der Waals surface area contributed by atoms with Crippen LogP contribution in [0.4, 0.5) is 0 Å². The lowest BCUT2D eigenvalue weighted by molar-refractivity contribution is -0.142. The van der Waals surface area contributed by atoms with Crippen molar-refractivity contribution in [3.63, 3.8) is 0 Å². The van der Waals surface area contributed by atoms with Crippen LogP contribution in [0, 0.1) is 5.92 Å². The van der Waals surface area contributed by atoms with E-state index in [1.165, 1.54) is 12.5 Å². The normalized spacial score (nSPS) is 14.1. The van der Waals surface area contributed by atoms with Gasteiger partial charge in [0.2, 0.25) is 17.7 Å². The van der Waals surface area contributed by atoms with Crippen LogP contribution in [-0.2, 0) is 25.6 Å². The molecule has 0 aliphatic rings. The summed E-state index contributed by atoms with van der Waals surface area (Å²) < 4.78 is 0. The molecule has 156 valence electrons. The molecule has 0 aromatic carbocycles. The first-order chi connectivity index (χ1) is 13.1. The first-order valence-corrected chi connectivity index (χ1v) is 8.94. The molecule has 1 rings (SSSR count). The topological polar surface area (TPSA) is 193 Å². The number of hydrogen-bond acceptors (Lipinski definition) is 6. The monoisotopic (exact) mass is 396 g/mol. The van der Waals surface area contributed by atoms with Crippen LogP contribution in [0.3, 0.4) is 0 Å². The molecule has 3 atom stereocenters. The zero-order chi connectivity index (χ0) is 21.3. The smallest absolute Gasteiger partial charge is 0.326 e. The molecule has 0 radical (unpaired) electrons. The molecular formula is C17H28N6O5. The van der Waals surface area contributed by atoms with Gasteiger partial charge in [0.05, 0.1) is 12.4 Å².